The van der Waals surface area contributed by atoms with E-state index in [4.69, 9.17) is 0 Å². The highest BCUT2D eigenvalue weighted by atomic mass is 15.2. The van der Waals surface area contributed by atoms with Gasteiger partial charge in [0.15, 0.2) is 0 Å². The van der Waals surface area contributed by atoms with Gasteiger partial charge in [0, 0.05) is 17.4 Å². The topological polar surface area (TPSA) is 3.24 Å². The molecule has 0 N–H and O–H groups in total. The predicted octanol–water partition coefficient (Wildman–Crippen LogP) is 5.97. The van der Waals surface area contributed by atoms with E-state index in [9.17, 15) is 0 Å². The first-order valence-electron chi connectivity index (χ1n) is 7.87. The SMILES string of the molecule is Cc1cccc(C)c1N(c1ccccc1C(C)C)C(C)C. The van der Waals surface area contributed by atoms with Gasteiger partial charge in [0.05, 0.1) is 0 Å². The van der Waals surface area contributed by atoms with Gasteiger partial charge in [0.1, 0.15) is 0 Å². The van der Waals surface area contributed by atoms with Crippen LogP contribution in [0.2, 0.25) is 0 Å². The van der Waals surface area contributed by atoms with Gasteiger partial charge in [-0.1, -0.05) is 50.2 Å². The molecule has 0 saturated heterocycles. The molecule has 0 aromatic heterocycles. The number of hydrogen-bond donors (Lipinski definition) is 0. The molecule has 0 atom stereocenters. The Morgan fingerprint density at radius 1 is 0.762 bits per heavy atom. The van der Waals surface area contributed by atoms with E-state index in [1.165, 1.54) is 28.1 Å². The minimum Gasteiger partial charge on any atom is -0.338 e. The molecule has 0 saturated carbocycles. The minimum atomic E-state index is 0.421. The molecule has 0 radical (unpaired) electrons. The molecule has 1 heteroatoms. The molecule has 0 heterocycles. The molecule has 21 heavy (non-hydrogen) atoms. The van der Waals surface area contributed by atoms with Crippen LogP contribution in [-0.2, 0) is 0 Å². The molecule has 0 fully saturated rings. The van der Waals surface area contributed by atoms with Crippen LogP contribution in [-0.4, -0.2) is 6.04 Å². The van der Waals surface area contributed by atoms with Crippen LogP contribution in [0.1, 0.15) is 50.3 Å². The molecule has 0 spiro atoms. The Balaban J connectivity index is 2.66. The van der Waals surface area contributed by atoms with E-state index in [0.717, 1.165) is 0 Å². The van der Waals surface area contributed by atoms with Crippen LogP contribution >= 0.6 is 0 Å². The smallest absolute Gasteiger partial charge is 0.0472 e. The summed E-state index contributed by atoms with van der Waals surface area (Å²) in [5.41, 5.74) is 6.76. The van der Waals surface area contributed by atoms with E-state index in [2.05, 4.69) is 88.9 Å². The van der Waals surface area contributed by atoms with E-state index in [1.807, 2.05) is 0 Å². The lowest BCUT2D eigenvalue weighted by molar-refractivity contribution is 0.767. The van der Waals surface area contributed by atoms with Crippen molar-refractivity contribution in [3.05, 3.63) is 59.2 Å². The number of rotatable bonds is 4. The summed E-state index contributed by atoms with van der Waals surface area (Å²) in [7, 11) is 0. The molecule has 1 nitrogen and oxygen atoms in total. The lowest BCUT2D eigenvalue weighted by atomic mass is 9.98. The molecule has 0 aliphatic rings. The van der Waals surface area contributed by atoms with E-state index in [1.54, 1.807) is 0 Å². The first kappa shape index (κ1) is 15.6. The standard InChI is InChI=1S/C20H27N/c1-14(2)18-12-7-8-13-19(18)21(15(3)4)20-16(5)10-9-11-17(20)6/h7-15H,1-6H3. The van der Waals surface area contributed by atoms with E-state index >= 15 is 0 Å². The third kappa shape index (κ3) is 3.12. The van der Waals surface area contributed by atoms with Gasteiger partial charge < -0.3 is 4.90 Å². The number of para-hydroxylation sites is 2. The summed E-state index contributed by atoms with van der Waals surface area (Å²) in [6, 6.07) is 15.8. The zero-order chi connectivity index (χ0) is 15.6. The highest BCUT2D eigenvalue weighted by Crippen LogP contribution is 2.37. The Hall–Kier alpha value is -1.76. The summed E-state index contributed by atoms with van der Waals surface area (Å²) in [6.45, 7) is 13.5. The van der Waals surface area contributed by atoms with Gasteiger partial charge in [-0.15, -0.1) is 0 Å². The van der Waals surface area contributed by atoms with Crippen LogP contribution in [0.15, 0.2) is 42.5 Å². The van der Waals surface area contributed by atoms with Crippen LogP contribution < -0.4 is 4.90 Å². The average Bonchev–Trinajstić information content (AvgIpc) is 2.42. The van der Waals surface area contributed by atoms with Crippen molar-refractivity contribution < 1.29 is 0 Å². The number of anilines is 2. The minimum absolute atomic E-state index is 0.421. The number of nitrogens with zero attached hydrogens (tertiary/aromatic N) is 1. The zero-order valence-electron chi connectivity index (χ0n) is 14.1. The zero-order valence-corrected chi connectivity index (χ0v) is 14.1. The third-order valence-corrected chi connectivity index (χ3v) is 4.02. The maximum absolute atomic E-state index is 2.49. The van der Waals surface area contributed by atoms with Gasteiger partial charge in [-0.25, -0.2) is 0 Å². The molecule has 0 bridgehead atoms. The van der Waals surface area contributed by atoms with Crippen molar-refractivity contribution in [2.24, 2.45) is 0 Å². The molecule has 0 amide bonds. The normalized spacial score (nSPS) is 11.2. The van der Waals surface area contributed by atoms with E-state index in [0.29, 0.717) is 12.0 Å². The first-order chi connectivity index (χ1) is 9.93. The van der Waals surface area contributed by atoms with Crippen molar-refractivity contribution >= 4 is 11.4 Å². The van der Waals surface area contributed by atoms with Gasteiger partial charge in [-0.05, 0) is 56.4 Å². The van der Waals surface area contributed by atoms with Gasteiger partial charge in [-0.2, -0.15) is 0 Å². The quantitative estimate of drug-likeness (QED) is 0.667. The summed E-state index contributed by atoms with van der Waals surface area (Å²) in [4.78, 5) is 2.49. The summed E-state index contributed by atoms with van der Waals surface area (Å²) >= 11 is 0. The van der Waals surface area contributed by atoms with Crippen molar-refractivity contribution in [3.8, 4) is 0 Å². The van der Waals surface area contributed by atoms with Crippen LogP contribution in [0.4, 0.5) is 11.4 Å². The molecule has 2 aromatic rings. The van der Waals surface area contributed by atoms with Crippen LogP contribution in [0, 0.1) is 13.8 Å². The van der Waals surface area contributed by atoms with Crippen molar-refractivity contribution in [3.63, 3.8) is 0 Å². The summed E-state index contributed by atoms with van der Waals surface area (Å²) < 4.78 is 0. The summed E-state index contributed by atoms with van der Waals surface area (Å²) in [5.74, 6) is 0.520. The fraction of sp³-hybridized carbons (Fsp3) is 0.400. The van der Waals surface area contributed by atoms with Gasteiger partial charge in [-0.3, -0.25) is 0 Å². The maximum Gasteiger partial charge on any atom is 0.0472 e. The summed E-state index contributed by atoms with van der Waals surface area (Å²) in [6.07, 6.45) is 0. The largest absolute Gasteiger partial charge is 0.338 e. The fourth-order valence-corrected chi connectivity index (χ4v) is 3.04. The Bertz CT molecular complexity index is 591. The molecular formula is C20H27N. The molecule has 112 valence electrons. The van der Waals surface area contributed by atoms with Gasteiger partial charge >= 0.3 is 0 Å². The van der Waals surface area contributed by atoms with Crippen LogP contribution in [0.3, 0.4) is 0 Å². The highest BCUT2D eigenvalue weighted by molar-refractivity contribution is 5.72. The molecule has 2 aromatic carbocycles. The van der Waals surface area contributed by atoms with Crippen molar-refractivity contribution in [2.45, 2.75) is 53.5 Å². The second kappa shape index (κ2) is 6.34. The number of aryl methyl sites for hydroxylation is 2. The highest BCUT2D eigenvalue weighted by Gasteiger charge is 2.20. The van der Waals surface area contributed by atoms with Crippen molar-refractivity contribution in [1.82, 2.24) is 0 Å². The Kier molecular flexibility index (Phi) is 4.72. The molecule has 2 rings (SSSR count). The molecule has 0 aliphatic carbocycles. The molecule has 0 unspecified atom stereocenters. The van der Waals surface area contributed by atoms with Gasteiger partial charge in [0.25, 0.3) is 0 Å². The second-order valence-electron chi connectivity index (χ2n) is 6.42. The van der Waals surface area contributed by atoms with E-state index in [-0.39, 0.29) is 0 Å². The third-order valence-electron chi connectivity index (χ3n) is 4.02. The predicted molar refractivity (Wildman–Crippen MR) is 93.7 cm³/mol. The summed E-state index contributed by atoms with van der Waals surface area (Å²) in [5, 5.41) is 0. The number of benzene rings is 2. The lowest BCUT2D eigenvalue weighted by Crippen LogP contribution is -2.28. The maximum atomic E-state index is 2.49. The Morgan fingerprint density at radius 2 is 1.33 bits per heavy atom. The lowest BCUT2D eigenvalue weighted by Gasteiger charge is -2.34. The Labute approximate surface area is 129 Å². The monoisotopic (exact) mass is 281 g/mol. The Morgan fingerprint density at radius 3 is 1.86 bits per heavy atom. The van der Waals surface area contributed by atoms with Crippen LogP contribution in [0.25, 0.3) is 0 Å². The van der Waals surface area contributed by atoms with Crippen LogP contribution in [0.5, 0.6) is 0 Å². The second-order valence-corrected chi connectivity index (χ2v) is 6.42. The van der Waals surface area contributed by atoms with Crippen molar-refractivity contribution in [2.75, 3.05) is 4.90 Å². The van der Waals surface area contributed by atoms with Crippen molar-refractivity contribution in [1.29, 1.82) is 0 Å². The first-order valence-corrected chi connectivity index (χ1v) is 7.87. The molecular weight excluding hydrogens is 254 g/mol. The fourth-order valence-electron chi connectivity index (χ4n) is 3.04. The molecule has 0 aliphatic heterocycles. The van der Waals surface area contributed by atoms with Gasteiger partial charge in [0.2, 0.25) is 0 Å². The van der Waals surface area contributed by atoms with E-state index < -0.39 is 0 Å². The average molecular weight is 281 g/mol. The number of hydrogen-bond acceptors (Lipinski definition) is 1.